The summed E-state index contributed by atoms with van der Waals surface area (Å²) in [5, 5.41) is 14.9. The molecule has 0 unspecified atom stereocenters. The van der Waals surface area contributed by atoms with Crippen LogP contribution in [0, 0.1) is 0 Å². The number of carbonyl (C=O) groups is 1. The van der Waals surface area contributed by atoms with E-state index in [1.54, 1.807) is 32.4 Å². The number of rotatable bonds is 10. The Kier molecular flexibility index (Phi) is 7.34. The zero-order valence-electron chi connectivity index (χ0n) is 15.6. The van der Waals surface area contributed by atoms with Gasteiger partial charge in [-0.3, -0.25) is 4.79 Å². The molecule has 0 aliphatic rings. The van der Waals surface area contributed by atoms with Crippen LogP contribution in [-0.4, -0.2) is 59.6 Å². The summed E-state index contributed by atoms with van der Waals surface area (Å²) in [4.78, 5) is 13.2. The number of aromatic nitrogens is 4. The van der Waals surface area contributed by atoms with E-state index < -0.39 is 0 Å². The Morgan fingerprint density at radius 3 is 2.69 bits per heavy atom. The topological polar surface area (TPSA) is 100 Å². The number of tetrazole rings is 1. The molecule has 9 nitrogen and oxygen atoms in total. The van der Waals surface area contributed by atoms with E-state index in [1.165, 1.54) is 4.80 Å². The molecule has 1 aromatic carbocycles. The lowest BCUT2D eigenvalue weighted by molar-refractivity contribution is -0.122. The van der Waals surface area contributed by atoms with E-state index in [0.717, 1.165) is 12.0 Å². The van der Waals surface area contributed by atoms with Crippen molar-refractivity contribution in [3.63, 3.8) is 0 Å². The van der Waals surface area contributed by atoms with Crippen LogP contribution in [0.15, 0.2) is 18.2 Å². The molecule has 0 saturated carbocycles. The first kappa shape index (κ1) is 19.6. The molecule has 0 spiro atoms. The minimum atomic E-state index is -0.175. The van der Waals surface area contributed by atoms with Gasteiger partial charge in [0.05, 0.1) is 20.3 Å². The average Bonchev–Trinajstić information content (AvgIpc) is 3.08. The Morgan fingerprint density at radius 2 is 2.00 bits per heavy atom. The van der Waals surface area contributed by atoms with Crippen LogP contribution in [-0.2, 0) is 16.1 Å². The molecular formula is C17H25N5O4. The van der Waals surface area contributed by atoms with E-state index >= 15 is 0 Å². The van der Waals surface area contributed by atoms with Gasteiger partial charge in [0.2, 0.25) is 11.7 Å². The molecule has 0 saturated heterocycles. The molecule has 1 heterocycles. The molecular weight excluding hydrogens is 338 g/mol. The summed E-state index contributed by atoms with van der Waals surface area (Å²) in [7, 11) is 3.13. The fraction of sp³-hybridized carbons (Fsp3) is 0.529. The Labute approximate surface area is 152 Å². The zero-order valence-corrected chi connectivity index (χ0v) is 15.6. The van der Waals surface area contributed by atoms with Crippen LogP contribution in [0.3, 0.4) is 0 Å². The van der Waals surface area contributed by atoms with Gasteiger partial charge in [0.1, 0.15) is 6.54 Å². The number of nitrogens with one attached hydrogen (secondary N) is 1. The number of hydrogen-bond donors (Lipinski definition) is 1. The van der Waals surface area contributed by atoms with E-state index in [0.29, 0.717) is 30.5 Å². The fourth-order valence-electron chi connectivity index (χ4n) is 2.20. The number of amides is 1. The number of carbonyl (C=O) groups excluding carboxylic acids is 1. The molecule has 2 aromatic rings. The van der Waals surface area contributed by atoms with Crippen molar-refractivity contribution in [1.29, 1.82) is 0 Å². The zero-order chi connectivity index (χ0) is 18.9. The summed E-state index contributed by atoms with van der Waals surface area (Å²) < 4.78 is 15.9. The molecule has 1 aromatic heterocycles. The second kappa shape index (κ2) is 9.71. The third-order valence-electron chi connectivity index (χ3n) is 3.47. The number of benzene rings is 1. The molecule has 0 fully saturated rings. The number of nitrogens with zero attached hydrogens (tertiary/aromatic N) is 4. The largest absolute Gasteiger partial charge is 0.493 e. The standard InChI is InChI=1S/C17H25N5O4/c1-12(2)26-9-5-8-18-16(23)11-22-20-17(19-21-22)13-6-7-14(24-3)15(10-13)25-4/h6-7,10,12H,5,8-9,11H2,1-4H3,(H,18,23). The SMILES string of the molecule is COc1ccc(-c2nnn(CC(=O)NCCCOC(C)C)n2)cc1OC. The summed E-state index contributed by atoms with van der Waals surface area (Å²) in [5.74, 6) is 1.42. The highest BCUT2D eigenvalue weighted by atomic mass is 16.5. The van der Waals surface area contributed by atoms with Crippen LogP contribution in [0.4, 0.5) is 0 Å². The lowest BCUT2D eigenvalue weighted by Gasteiger charge is -2.08. The highest BCUT2D eigenvalue weighted by Gasteiger charge is 2.12. The van der Waals surface area contributed by atoms with Crippen LogP contribution in [0.25, 0.3) is 11.4 Å². The molecule has 142 valence electrons. The number of ether oxygens (including phenoxy) is 3. The molecule has 26 heavy (non-hydrogen) atoms. The van der Waals surface area contributed by atoms with Crippen molar-refractivity contribution >= 4 is 5.91 Å². The maximum atomic E-state index is 11.9. The normalized spacial score (nSPS) is 10.8. The van der Waals surface area contributed by atoms with Crippen molar-refractivity contribution < 1.29 is 19.0 Å². The first-order valence-electron chi connectivity index (χ1n) is 8.42. The van der Waals surface area contributed by atoms with Gasteiger partial charge in [-0.25, -0.2) is 0 Å². The van der Waals surface area contributed by atoms with Crippen molar-refractivity contribution in [3.05, 3.63) is 18.2 Å². The lowest BCUT2D eigenvalue weighted by Crippen LogP contribution is -2.30. The third kappa shape index (κ3) is 5.69. The van der Waals surface area contributed by atoms with Gasteiger partial charge < -0.3 is 19.5 Å². The Hall–Kier alpha value is -2.68. The highest BCUT2D eigenvalue weighted by Crippen LogP contribution is 2.30. The van der Waals surface area contributed by atoms with E-state index in [4.69, 9.17) is 14.2 Å². The Morgan fingerprint density at radius 1 is 1.23 bits per heavy atom. The van der Waals surface area contributed by atoms with E-state index in [1.807, 2.05) is 13.8 Å². The van der Waals surface area contributed by atoms with Crippen molar-refractivity contribution in [2.45, 2.75) is 32.9 Å². The van der Waals surface area contributed by atoms with Crippen molar-refractivity contribution in [2.75, 3.05) is 27.4 Å². The maximum absolute atomic E-state index is 11.9. The summed E-state index contributed by atoms with van der Waals surface area (Å²) >= 11 is 0. The van der Waals surface area contributed by atoms with Crippen LogP contribution in [0.5, 0.6) is 11.5 Å². The highest BCUT2D eigenvalue weighted by molar-refractivity contribution is 5.75. The van der Waals surface area contributed by atoms with Crippen LogP contribution < -0.4 is 14.8 Å². The van der Waals surface area contributed by atoms with Crippen molar-refractivity contribution in [1.82, 2.24) is 25.5 Å². The summed E-state index contributed by atoms with van der Waals surface area (Å²) in [6, 6.07) is 5.33. The predicted molar refractivity (Wildman–Crippen MR) is 95.1 cm³/mol. The van der Waals surface area contributed by atoms with Gasteiger partial charge in [0, 0.05) is 18.7 Å². The monoisotopic (exact) mass is 363 g/mol. The van der Waals surface area contributed by atoms with Gasteiger partial charge in [0.25, 0.3) is 0 Å². The molecule has 0 radical (unpaired) electrons. The first-order valence-corrected chi connectivity index (χ1v) is 8.42. The van der Waals surface area contributed by atoms with Gasteiger partial charge in [-0.05, 0) is 43.7 Å². The smallest absolute Gasteiger partial charge is 0.243 e. The molecule has 2 rings (SSSR count). The third-order valence-corrected chi connectivity index (χ3v) is 3.47. The minimum Gasteiger partial charge on any atom is -0.493 e. The van der Waals surface area contributed by atoms with Gasteiger partial charge in [-0.1, -0.05) is 0 Å². The average molecular weight is 363 g/mol. The fourth-order valence-corrected chi connectivity index (χ4v) is 2.20. The molecule has 0 atom stereocenters. The van der Waals surface area contributed by atoms with Crippen molar-refractivity contribution in [3.8, 4) is 22.9 Å². The van der Waals surface area contributed by atoms with E-state index in [9.17, 15) is 4.79 Å². The quantitative estimate of drug-likeness (QED) is 0.635. The summed E-state index contributed by atoms with van der Waals surface area (Å²) in [5.41, 5.74) is 0.722. The molecule has 1 amide bonds. The van der Waals surface area contributed by atoms with Gasteiger partial charge in [0.15, 0.2) is 11.5 Å². The number of methoxy groups -OCH3 is 2. The van der Waals surface area contributed by atoms with Gasteiger partial charge >= 0.3 is 0 Å². The Bertz CT molecular complexity index is 717. The predicted octanol–water partition coefficient (Wildman–Crippen LogP) is 1.29. The first-order chi connectivity index (χ1) is 12.5. The van der Waals surface area contributed by atoms with Gasteiger partial charge in [-0.2, -0.15) is 4.80 Å². The summed E-state index contributed by atoms with van der Waals surface area (Å²) in [6.07, 6.45) is 0.950. The van der Waals surface area contributed by atoms with E-state index in [2.05, 4.69) is 20.7 Å². The molecule has 0 bridgehead atoms. The Balaban J connectivity index is 1.88. The van der Waals surface area contributed by atoms with Crippen LogP contribution >= 0.6 is 0 Å². The second-order valence-electron chi connectivity index (χ2n) is 5.84. The lowest BCUT2D eigenvalue weighted by atomic mass is 10.2. The second-order valence-corrected chi connectivity index (χ2v) is 5.84. The molecule has 0 aliphatic heterocycles. The minimum absolute atomic E-state index is 0.00529. The van der Waals surface area contributed by atoms with Crippen LogP contribution in [0.2, 0.25) is 0 Å². The van der Waals surface area contributed by atoms with E-state index in [-0.39, 0.29) is 18.6 Å². The molecule has 9 heteroatoms. The summed E-state index contributed by atoms with van der Waals surface area (Å²) in [6.45, 7) is 5.12. The molecule has 1 N–H and O–H groups in total. The van der Waals surface area contributed by atoms with Crippen molar-refractivity contribution in [2.24, 2.45) is 0 Å². The maximum Gasteiger partial charge on any atom is 0.243 e. The molecule has 0 aliphatic carbocycles. The number of hydrogen-bond acceptors (Lipinski definition) is 7. The van der Waals surface area contributed by atoms with Crippen LogP contribution in [0.1, 0.15) is 20.3 Å². The van der Waals surface area contributed by atoms with Gasteiger partial charge in [-0.15, -0.1) is 10.2 Å².